The van der Waals surface area contributed by atoms with Gasteiger partial charge in [0.15, 0.2) is 6.61 Å². The molecule has 0 saturated carbocycles. The Morgan fingerprint density at radius 2 is 2.00 bits per heavy atom. The van der Waals surface area contributed by atoms with Crippen molar-refractivity contribution < 1.29 is 14.3 Å². The molecule has 0 radical (unpaired) electrons. The molecule has 25 heavy (non-hydrogen) atoms. The zero-order valence-electron chi connectivity index (χ0n) is 13.7. The fourth-order valence-electron chi connectivity index (χ4n) is 2.83. The van der Waals surface area contributed by atoms with E-state index in [4.69, 9.17) is 16.3 Å². The van der Waals surface area contributed by atoms with Crippen molar-refractivity contribution in [1.82, 2.24) is 0 Å². The highest BCUT2D eigenvalue weighted by Gasteiger charge is 2.22. The van der Waals surface area contributed by atoms with Crippen LogP contribution in [0, 0.1) is 0 Å². The molecular formula is C20H18ClNO3. The molecule has 2 aromatic rings. The molecule has 2 aromatic carbocycles. The van der Waals surface area contributed by atoms with E-state index in [1.807, 2.05) is 30.3 Å². The highest BCUT2D eigenvalue weighted by atomic mass is 35.5. The second kappa shape index (κ2) is 7.99. The van der Waals surface area contributed by atoms with Gasteiger partial charge in [-0.2, -0.15) is 0 Å². The quantitative estimate of drug-likeness (QED) is 0.617. The van der Waals surface area contributed by atoms with Gasteiger partial charge in [0.05, 0.1) is 0 Å². The van der Waals surface area contributed by atoms with Gasteiger partial charge in [0.1, 0.15) is 0 Å². The Morgan fingerprint density at radius 3 is 2.84 bits per heavy atom. The van der Waals surface area contributed by atoms with Crippen molar-refractivity contribution in [3.63, 3.8) is 0 Å². The number of amides is 1. The number of anilines is 1. The summed E-state index contributed by atoms with van der Waals surface area (Å²) in [4.78, 5) is 25.9. The van der Waals surface area contributed by atoms with Gasteiger partial charge in [-0.15, -0.1) is 0 Å². The second-order valence-electron chi connectivity index (χ2n) is 5.77. The van der Waals surface area contributed by atoms with Gasteiger partial charge in [-0.25, -0.2) is 4.79 Å². The number of hydrogen-bond donors (Lipinski definition) is 0. The summed E-state index contributed by atoms with van der Waals surface area (Å²) in [5.41, 5.74) is 2.85. The maximum atomic E-state index is 12.4. The number of aryl methyl sites for hydroxylation is 1. The lowest BCUT2D eigenvalue weighted by atomic mass is 10.0. The summed E-state index contributed by atoms with van der Waals surface area (Å²) in [6, 6.07) is 14.9. The number of hydrogen-bond acceptors (Lipinski definition) is 3. The van der Waals surface area contributed by atoms with Crippen LogP contribution in [0.4, 0.5) is 5.69 Å². The van der Waals surface area contributed by atoms with Crippen LogP contribution >= 0.6 is 11.6 Å². The number of halogens is 1. The van der Waals surface area contributed by atoms with E-state index in [-0.39, 0.29) is 12.5 Å². The predicted molar refractivity (Wildman–Crippen MR) is 98.6 cm³/mol. The molecule has 4 nitrogen and oxygen atoms in total. The van der Waals surface area contributed by atoms with Crippen LogP contribution in [-0.2, 0) is 20.7 Å². The summed E-state index contributed by atoms with van der Waals surface area (Å²) in [5.74, 6) is -0.768. The first-order valence-electron chi connectivity index (χ1n) is 8.12. The van der Waals surface area contributed by atoms with Crippen molar-refractivity contribution in [1.29, 1.82) is 0 Å². The highest BCUT2D eigenvalue weighted by Crippen LogP contribution is 2.26. The summed E-state index contributed by atoms with van der Waals surface area (Å²) in [5, 5.41) is 0.592. The Morgan fingerprint density at radius 1 is 1.16 bits per heavy atom. The van der Waals surface area contributed by atoms with Crippen LogP contribution in [0.3, 0.4) is 0 Å². The van der Waals surface area contributed by atoms with Crippen LogP contribution in [0.15, 0.2) is 54.6 Å². The first kappa shape index (κ1) is 17.2. The van der Waals surface area contributed by atoms with Crippen molar-refractivity contribution in [3.8, 4) is 0 Å². The molecule has 0 unspecified atom stereocenters. The van der Waals surface area contributed by atoms with Crippen molar-refractivity contribution in [2.45, 2.75) is 12.8 Å². The number of benzene rings is 2. The van der Waals surface area contributed by atoms with Crippen LogP contribution < -0.4 is 4.90 Å². The van der Waals surface area contributed by atoms with Crippen LogP contribution in [0.1, 0.15) is 17.5 Å². The van der Waals surface area contributed by atoms with E-state index in [9.17, 15) is 9.59 Å². The molecule has 3 rings (SSSR count). The van der Waals surface area contributed by atoms with E-state index in [0.29, 0.717) is 11.6 Å². The smallest absolute Gasteiger partial charge is 0.331 e. The average Bonchev–Trinajstić information content (AvgIpc) is 2.64. The SMILES string of the molecule is O=C(C=Cc1cccc(Cl)c1)OCC(=O)N1CCCc2ccccc21. The van der Waals surface area contributed by atoms with Gasteiger partial charge < -0.3 is 9.64 Å². The van der Waals surface area contributed by atoms with Gasteiger partial charge in [-0.1, -0.05) is 41.9 Å². The number of carbonyl (C=O) groups is 2. The van der Waals surface area contributed by atoms with E-state index in [1.165, 1.54) is 6.08 Å². The zero-order chi connectivity index (χ0) is 17.6. The number of para-hydroxylation sites is 1. The minimum atomic E-state index is -0.557. The molecule has 0 aromatic heterocycles. The molecule has 0 spiro atoms. The number of nitrogens with zero attached hydrogens (tertiary/aromatic N) is 1. The van der Waals surface area contributed by atoms with Crippen LogP contribution in [0.2, 0.25) is 5.02 Å². The third-order valence-corrected chi connectivity index (χ3v) is 4.24. The van der Waals surface area contributed by atoms with Gasteiger partial charge >= 0.3 is 5.97 Å². The minimum Gasteiger partial charge on any atom is -0.452 e. The molecule has 5 heteroatoms. The highest BCUT2D eigenvalue weighted by molar-refractivity contribution is 6.30. The van der Waals surface area contributed by atoms with Gasteiger partial charge in [0, 0.05) is 23.3 Å². The van der Waals surface area contributed by atoms with E-state index in [2.05, 4.69) is 0 Å². The number of fused-ring (bicyclic) bond motifs is 1. The van der Waals surface area contributed by atoms with Gasteiger partial charge in [0.25, 0.3) is 5.91 Å². The van der Waals surface area contributed by atoms with Gasteiger partial charge in [-0.3, -0.25) is 4.79 Å². The molecule has 1 aliphatic heterocycles. The van der Waals surface area contributed by atoms with Crippen molar-refractivity contribution >= 4 is 35.2 Å². The maximum Gasteiger partial charge on any atom is 0.331 e. The maximum absolute atomic E-state index is 12.4. The third-order valence-electron chi connectivity index (χ3n) is 4.01. The molecule has 0 N–H and O–H groups in total. The lowest BCUT2D eigenvalue weighted by molar-refractivity contribution is -0.142. The summed E-state index contributed by atoms with van der Waals surface area (Å²) in [7, 11) is 0. The lowest BCUT2D eigenvalue weighted by Gasteiger charge is -2.29. The second-order valence-corrected chi connectivity index (χ2v) is 6.21. The Kier molecular flexibility index (Phi) is 5.51. The largest absolute Gasteiger partial charge is 0.452 e. The molecule has 0 fully saturated rings. The summed E-state index contributed by atoms with van der Waals surface area (Å²) >= 11 is 5.89. The fourth-order valence-corrected chi connectivity index (χ4v) is 3.02. The number of carbonyl (C=O) groups excluding carboxylic acids is 2. The van der Waals surface area contributed by atoms with Crippen molar-refractivity contribution in [3.05, 3.63) is 70.8 Å². The van der Waals surface area contributed by atoms with Crippen molar-refractivity contribution in [2.75, 3.05) is 18.1 Å². The molecular weight excluding hydrogens is 338 g/mol. The van der Waals surface area contributed by atoms with E-state index in [0.717, 1.165) is 29.7 Å². The zero-order valence-corrected chi connectivity index (χ0v) is 14.4. The first-order valence-corrected chi connectivity index (χ1v) is 8.50. The molecule has 128 valence electrons. The first-order chi connectivity index (χ1) is 12.1. The molecule has 0 aliphatic carbocycles. The fraction of sp³-hybridized carbons (Fsp3) is 0.200. The van der Waals surface area contributed by atoms with Crippen molar-refractivity contribution in [2.24, 2.45) is 0 Å². The summed E-state index contributed by atoms with van der Waals surface area (Å²) in [6.07, 6.45) is 4.77. The lowest BCUT2D eigenvalue weighted by Crippen LogP contribution is -2.38. The Labute approximate surface area is 151 Å². The molecule has 1 heterocycles. The monoisotopic (exact) mass is 355 g/mol. The molecule has 1 amide bonds. The molecule has 0 atom stereocenters. The third kappa shape index (κ3) is 4.48. The van der Waals surface area contributed by atoms with E-state index < -0.39 is 5.97 Å². The minimum absolute atomic E-state index is 0.211. The predicted octanol–water partition coefficient (Wildman–Crippen LogP) is 3.88. The average molecular weight is 356 g/mol. The Balaban J connectivity index is 1.57. The molecule has 1 aliphatic rings. The van der Waals surface area contributed by atoms with E-state index in [1.54, 1.807) is 29.2 Å². The molecule has 0 saturated heterocycles. The van der Waals surface area contributed by atoms with Crippen LogP contribution in [-0.4, -0.2) is 25.0 Å². The topological polar surface area (TPSA) is 46.6 Å². The van der Waals surface area contributed by atoms with Crippen LogP contribution in [0.25, 0.3) is 6.08 Å². The normalized spacial score (nSPS) is 13.6. The Bertz CT molecular complexity index is 816. The number of rotatable bonds is 4. The van der Waals surface area contributed by atoms with Gasteiger partial charge in [-0.05, 0) is 48.2 Å². The number of esters is 1. The summed E-state index contributed by atoms with van der Waals surface area (Å²) < 4.78 is 5.07. The van der Waals surface area contributed by atoms with Gasteiger partial charge in [0.2, 0.25) is 0 Å². The Hall–Kier alpha value is -2.59. The number of ether oxygens (including phenoxy) is 1. The summed E-state index contributed by atoms with van der Waals surface area (Å²) in [6.45, 7) is 0.374. The molecule has 0 bridgehead atoms. The van der Waals surface area contributed by atoms with E-state index >= 15 is 0 Å². The standard InChI is InChI=1S/C20H18ClNO3/c21-17-8-3-5-15(13-17)10-11-20(24)25-14-19(23)22-12-4-7-16-6-1-2-9-18(16)22/h1-3,5-6,8-11,13H,4,7,12,14H2. The van der Waals surface area contributed by atoms with Crippen LogP contribution in [0.5, 0.6) is 0 Å².